The molecule has 2 aromatic carbocycles. The van der Waals surface area contributed by atoms with Crippen molar-refractivity contribution in [2.75, 3.05) is 14.1 Å². The highest BCUT2D eigenvalue weighted by atomic mass is 32.2. The van der Waals surface area contributed by atoms with Gasteiger partial charge in [-0.3, -0.25) is 0 Å². The van der Waals surface area contributed by atoms with Crippen LogP contribution >= 0.6 is 0 Å². The summed E-state index contributed by atoms with van der Waals surface area (Å²) in [6, 6.07) is 11.4. The Kier molecular flexibility index (Phi) is 4.35. The molecule has 0 saturated carbocycles. The Hall–Kier alpha value is -2.18. The van der Waals surface area contributed by atoms with Crippen LogP contribution in [0.25, 0.3) is 11.1 Å². The zero-order chi connectivity index (χ0) is 16.5. The van der Waals surface area contributed by atoms with Gasteiger partial charge in [0.2, 0.25) is 10.0 Å². The minimum atomic E-state index is -3.50. The third-order valence-electron chi connectivity index (χ3n) is 3.40. The maximum absolute atomic E-state index is 12.2. The Morgan fingerprint density at radius 1 is 1.09 bits per heavy atom. The Morgan fingerprint density at radius 3 is 2.32 bits per heavy atom. The highest BCUT2D eigenvalue weighted by molar-refractivity contribution is 7.89. The van der Waals surface area contributed by atoms with Crippen LogP contribution in [0.2, 0.25) is 0 Å². The van der Waals surface area contributed by atoms with Gasteiger partial charge in [-0.15, -0.1) is 0 Å². The van der Waals surface area contributed by atoms with Gasteiger partial charge in [-0.05, 0) is 47.9 Å². The van der Waals surface area contributed by atoms with E-state index in [9.17, 15) is 13.2 Å². The molecule has 0 radical (unpaired) electrons. The molecule has 0 spiro atoms. The summed E-state index contributed by atoms with van der Waals surface area (Å²) in [5.74, 6) is -0.987. The molecule has 0 unspecified atom stereocenters. The second-order valence-corrected chi connectivity index (χ2v) is 7.30. The summed E-state index contributed by atoms with van der Waals surface area (Å²) in [5.41, 5.74) is 2.52. The largest absolute Gasteiger partial charge is 0.478 e. The number of carboxylic acids is 1. The molecule has 6 heteroatoms. The van der Waals surface area contributed by atoms with Crippen LogP contribution in [-0.2, 0) is 10.0 Å². The number of hydrogen-bond acceptors (Lipinski definition) is 3. The molecule has 2 rings (SSSR count). The third-order valence-corrected chi connectivity index (χ3v) is 5.21. The predicted molar refractivity (Wildman–Crippen MR) is 84.4 cm³/mol. The zero-order valence-corrected chi connectivity index (χ0v) is 13.4. The lowest BCUT2D eigenvalue weighted by atomic mass is 9.98. The second-order valence-electron chi connectivity index (χ2n) is 5.15. The molecule has 0 atom stereocenters. The molecule has 116 valence electrons. The number of benzene rings is 2. The van der Waals surface area contributed by atoms with Gasteiger partial charge in [0.05, 0.1) is 10.5 Å². The van der Waals surface area contributed by atoms with Crippen LogP contribution in [0.1, 0.15) is 15.9 Å². The fourth-order valence-electron chi connectivity index (χ4n) is 2.16. The fraction of sp³-hybridized carbons (Fsp3) is 0.188. The molecule has 0 saturated heterocycles. The van der Waals surface area contributed by atoms with E-state index >= 15 is 0 Å². The van der Waals surface area contributed by atoms with Crippen molar-refractivity contribution in [2.24, 2.45) is 0 Å². The summed E-state index contributed by atoms with van der Waals surface area (Å²) in [5, 5.41) is 9.00. The summed E-state index contributed by atoms with van der Waals surface area (Å²) in [6.07, 6.45) is 0. The lowest BCUT2D eigenvalue weighted by Gasteiger charge is -2.13. The van der Waals surface area contributed by atoms with Crippen molar-refractivity contribution < 1.29 is 18.3 Å². The van der Waals surface area contributed by atoms with Crippen molar-refractivity contribution >= 4 is 16.0 Å². The Bertz CT molecular complexity index is 826. The highest BCUT2D eigenvalue weighted by Crippen LogP contribution is 2.27. The standard InChI is InChI=1S/C16H17NO4S/c1-11-9-13(16(18)19)7-8-15(11)12-5-4-6-14(10-12)22(20,21)17(2)3/h4-10H,1-3H3,(H,18,19). The van der Waals surface area contributed by atoms with E-state index in [1.54, 1.807) is 43.3 Å². The first-order chi connectivity index (χ1) is 10.2. The van der Waals surface area contributed by atoms with Gasteiger partial charge >= 0.3 is 5.97 Å². The van der Waals surface area contributed by atoms with Crippen molar-refractivity contribution in [3.8, 4) is 11.1 Å². The molecular formula is C16H17NO4S. The number of hydrogen-bond donors (Lipinski definition) is 1. The van der Waals surface area contributed by atoms with Crippen LogP contribution in [0.3, 0.4) is 0 Å². The first-order valence-corrected chi connectivity index (χ1v) is 8.04. The maximum Gasteiger partial charge on any atom is 0.335 e. The van der Waals surface area contributed by atoms with Gasteiger partial charge < -0.3 is 5.11 Å². The van der Waals surface area contributed by atoms with Crippen molar-refractivity contribution in [1.82, 2.24) is 4.31 Å². The number of carboxylic acid groups (broad SMARTS) is 1. The number of rotatable bonds is 4. The van der Waals surface area contributed by atoms with Crippen molar-refractivity contribution in [3.63, 3.8) is 0 Å². The topological polar surface area (TPSA) is 74.7 Å². The molecule has 0 bridgehead atoms. The first kappa shape index (κ1) is 16.2. The van der Waals surface area contributed by atoms with E-state index in [-0.39, 0.29) is 10.5 Å². The van der Waals surface area contributed by atoms with E-state index < -0.39 is 16.0 Å². The molecule has 0 aliphatic heterocycles. The zero-order valence-electron chi connectivity index (χ0n) is 12.6. The molecule has 0 fully saturated rings. The van der Waals surface area contributed by atoms with Gasteiger partial charge in [0, 0.05) is 14.1 Å². The molecule has 1 N–H and O–H groups in total. The van der Waals surface area contributed by atoms with Gasteiger partial charge in [-0.1, -0.05) is 18.2 Å². The van der Waals surface area contributed by atoms with Crippen LogP contribution in [0.4, 0.5) is 0 Å². The van der Waals surface area contributed by atoms with Crippen molar-refractivity contribution in [1.29, 1.82) is 0 Å². The van der Waals surface area contributed by atoms with Crippen molar-refractivity contribution in [3.05, 3.63) is 53.6 Å². The average Bonchev–Trinajstić information content (AvgIpc) is 2.47. The molecule has 2 aromatic rings. The number of carbonyl (C=O) groups is 1. The van der Waals surface area contributed by atoms with Gasteiger partial charge in [-0.2, -0.15) is 0 Å². The van der Waals surface area contributed by atoms with E-state index in [0.29, 0.717) is 0 Å². The highest BCUT2D eigenvalue weighted by Gasteiger charge is 2.18. The Balaban J connectivity index is 2.54. The van der Waals surface area contributed by atoms with E-state index in [1.807, 2.05) is 0 Å². The van der Waals surface area contributed by atoms with Gasteiger partial charge in [0.1, 0.15) is 0 Å². The summed E-state index contributed by atoms with van der Waals surface area (Å²) in [4.78, 5) is 11.2. The van der Waals surface area contributed by atoms with Crippen LogP contribution in [0, 0.1) is 6.92 Å². The van der Waals surface area contributed by atoms with Gasteiger partial charge in [0.15, 0.2) is 0 Å². The number of nitrogens with zero attached hydrogens (tertiary/aromatic N) is 1. The fourth-order valence-corrected chi connectivity index (χ4v) is 3.10. The molecule has 0 aromatic heterocycles. The van der Waals surface area contributed by atoms with E-state index in [0.717, 1.165) is 21.0 Å². The van der Waals surface area contributed by atoms with E-state index in [4.69, 9.17) is 5.11 Å². The average molecular weight is 319 g/mol. The normalized spacial score (nSPS) is 11.6. The Morgan fingerprint density at radius 2 is 1.77 bits per heavy atom. The minimum absolute atomic E-state index is 0.205. The summed E-state index contributed by atoms with van der Waals surface area (Å²) in [7, 11) is -0.541. The lowest BCUT2D eigenvalue weighted by Crippen LogP contribution is -2.22. The van der Waals surface area contributed by atoms with Gasteiger partial charge in [-0.25, -0.2) is 17.5 Å². The number of aromatic carboxylic acids is 1. The molecule has 0 heterocycles. The quantitative estimate of drug-likeness (QED) is 0.940. The third kappa shape index (κ3) is 3.03. The Labute approximate surface area is 129 Å². The molecule has 0 aliphatic carbocycles. The number of aryl methyl sites for hydroxylation is 1. The summed E-state index contributed by atoms with van der Waals surface area (Å²) >= 11 is 0. The SMILES string of the molecule is Cc1cc(C(=O)O)ccc1-c1cccc(S(=O)(=O)N(C)C)c1. The maximum atomic E-state index is 12.2. The molecule has 0 amide bonds. The molecule has 22 heavy (non-hydrogen) atoms. The predicted octanol–water partition coefficient (Wildman–Crippen LogP) is 2.61. The van der Waals surface area contributed by atoms with Crippen LogP contribution in [0.5, 0.6) is 0 Å². The van der Waals surface area contributed by atoms with Crippen LogP contribution in [-0.4, -0.2) is 37.9 Å². The van der Waals surface area contributed by atoms with Gasteiger partial charge in [0.25, 0.3) is 0 Å². The second kappa shape index (κ2) is 5.90. The summed E-state index contributed by atoms with van der Waals surface area (Å²) in [6.45, 7) is 1.80. The molecule has 0 aliphatic rings. The lowest BCUT2D eigenvalue weighted by molar-refractivity contribution is 0.0697. The smallest absolute Gasteiger partial charge is 0.335 e. The van der Waals surface area contributed by atoms with Crippen LogP contribution in [0.15, 0.2) is 47.4 Å². The van der Waals surface area contributed by atoms with E-state index in [1.165, 1.54) is 20.2 Å². The monoisotopic (exact) mass is 319 g/mol. The molecule has 5 nitrogen and oxygen atoms in total. The first-order valence-electron chi connectivity index (χ1n) is 6.60. The minimum Gasteiger partial charge on any atom is -0.478 e. The summed E-state index contributed by atoms with van der Waals surface area (Å²) < 4.78 is 25.5. The van der Waals surface area contributed by atoms with E-state index in [2.05, 4.69) is 0 Å². The van der Waals surface area contributed by atoms with Crippen molar-refractivity contribution in [2.45, 2.75) is 11.8 Å². The van der Waals surface area contributed by atoms with Crippen LogP contribution < -0.4 is 0 Å². The number of sulfonamides is 1. The molecular weight excluding hydrogens is 302 g/mol.